The minimum Gasteiger partial charge on any atom is -0.462 e. The number of nitrogen functional groups attached to an aromatic ring is 1. The van der Waals surface area contributed by atoms with Gasteiger partial charge in [0.05, 0.1) is 17.2 Å². The Balaban J connectivity index is 1.32. The van der Waals surface area contributed by atoms with E-state index in [4.69, 9.17) is 15.2 Å². The molecule has 240 valence electrons. The van der Waals surface area contributed by atoms with Crippen LogP contribution >= 0.6 is 15.9 Å². The van der Waals surface area contributed by atoms with Crippen molar-refractivity contribution in [1.29, 1.82) is 0 Å². The molecule has 0 bridgehead atoms. The van der Waals surface area contributed by atoms with Crippen molar-refractivity contribution in [3.05, 3.63) is 99.0 Å². The minimum absolute atomic E-state index is 0.134. The van der Waals surface area contributed by atoms with Crippen molar-refractivity contribution in [2.24, 2.45) is 0 Å². The van der Waals surface area contributed by atoms with Gasteiger partial charge in [0.2, 0.25) is 0 Å². The number of anilines is 1. The molecular weight excluding hydrogens is 636 g/mol. The Labute approximate surface area is 274 Å². The van der Waals surface area contributed by atoms with Crippen LogP contribution in [0.1, 0.15) is 95.7 Å². The predicted molar refractivity (Wildman–Crippen MR) is 178 cm³/mol. The van der Waals surface area contributed by atoms with Gasteiger partial charge in [0.1, 0.15) is 19.3 Å². The summed E-state index contributed by atoms with van der Waals surface area (Å²) in [6, 6.07) is 19.8. The van der Waals surface area contributed by atoms with Crippen LogP contribution in [-0.2, 0) is 20.8 Å². The topological polar surface area (TPSA) is 119 Å². The van der Waals surface area contributed by atoms with Crippen LogP contribution in [0.3, 0.4) is 0 Å². The van der Waals surface area contributed by atoms with Gasteiger partial charge in [-0.05, 0) is 71.1 Å². The van der Waals surface area contributed by atoms with Gasteiger partial charge in [-0.25, -0.2) is 4.79 Å². The molecule has 45 heavy (non-hydrogen) atoms. The van der Waals surface area contributed by atoms with Crippen LogP contribution in [0.25, 0.3) is 0 Å². The molecule has 0 radical (unpaired) electrons. The third-order valence-corrected chi connectivity index (χ3v) is 9.08. The number of aliphatic hydroxyl groups is 1. The number of halogens is 1. The number of hydrogen-bond acceptors (Lipinski definition) is 8. The van der Waals surface area contributed by atoms with Crippen molar-refractivity contribution in [1.82, 2.24) is 4.90 Å². The first kappa shape index (κ1) is 34.3. The van der Waals surface area contributed by atoms with Crippen LogP contribution in [0.4, 0.5) is 5.69 Å². The lowest BCUT2D eigenvalue weighted by Crippen LogP contribution is -2.36. The van der Waals surface area contributed by atoms with Crippen LogP contribution in [0.2, 0.25) is 0 Å². The maximum absolute atomic E-state index is 13.0. The van der Waals surface area contributed by atoms with Crippen LogP contribution in [0.5, 0.6) is 0 Å². The number of nitrogens with two attached hydrogens (primary N) is 1. The van der Waals surface area contributed by atoms with Crippen molar-refractivity contribution in [3.63, 3.8) is 0 Å². The van der Waals surface area contributed by atoms with Gasteiger partial charge in [-0.1, -0.05) is 81.6 Å². The van der Waals surface area contributed by atoms with E-state index in [1.165, 1.54) is 32.1 Å². The van der Waals surface area contributed by atoms with Crippen molar-refractivity contribution >= 4 is 39.3 Å². The molecule has 0 amide bonds. The van der Waals surface area contributed by atoms with Gasteiger partial charge in [-0.2, -0.15) is 0 Å². The third kappa shape index (κ3) is 9.25. The molecule has 3 aromatic rings. The molecular formula is C36H43BrN2O6. The van der Waals surface area contributed by atoms with E-state index in [0.29, 0.717) is 51.4 Å². The zero-order valence-corrected chi connectivity index (χ0v) is 27.6. The van der Waals surface area contributed by atoms with Crippen molar-refractivity contribution in [2.45, 2.75) is 77.0 Å². The normalized spacial score (nSPS) is 15.0. The number of carbonyl (C=O) groups is 3. The number of aliphatic hydroxyl groups excluding tert-OH is 1. The summed E-state index contributed by atoms with van der Waals surface area (Å²) in [4.78, 5) is 41.2. The van der Waals surface area contributed by atoms with Gasteiger partial charge < -0.3 is 20.3 Å². The highest BCUT2D eigenvalue weighted by Gasteiger charge is 2.25. The first-order valence-electron chi connectivity index (χ1n) is 15.7. The van der Waals surface area contributed by atoms with E-state index < -0.39 is 24.0 Å². The van der Waals surface area contributed by atoms with E-state index in [2.05, 4.69) is 27.8 Å². The summed E-state index contributed by atoms with van der Waals surface area (Å²) >= 11 is 3.48. The average molecular weight is 680 g/mol. The van der Waals surface area contributed by atoms with Gasteiger partial charge in [-0.3, -0.25) is 14.5 Å². The molecule has 1 aliphatic carbocycles. The summed E-state index contributed by atoms with van der Waals surface area (Å²) in [6.45, 7) is 4.83. The summed E-state index contributed by atoms with van der Waals surface area (Å²) < 4.78 is 11.4. The Hall–Kier alpha value is -3.53. The Morgan fingerprint density at radius 1 is 0.911 bits per heavy atom. The van der Waals surface area contributed by atoms with E-state index in [1.54, 1.807) is 60.7 Å². The number of rotatable bonds is 14. The lowest BCUT2D eigenvalue weighted by molar-refractivity contribution is -0.149. The highest BCUT2D eigenvalue weighted by Crippen LogP contribution is 2.30. The Bertz CT molecular complexity index is 1460. The molecule has 1 fully saturated rings. The molecule has 8 nitrogen and oxygen atoms in total. The number of esters is 2. The summed E-state index contributed by atoms with van der Waals surface area (Å²) in [5.74, 6) is -1.89. The smallest absolute Gasteiger partial charge is 0.338 e. The molecule has 0 aliphatic heterocycles. The van der Waals surface area contributed by atoms with Gasteiger partial charge in [0.25, 0.3) is 0 Å². The zero-order chi connectivity index (χ0) is 32.3. The number of benzene rings is 3. The molecule has 9 heteroatoms. The first-order chi connectivity index (χ1) is 21.7. The van der Waals surface area contributed by atoms with Crippen LogP contribution in [0, 0.1) is 0 Å². The van der Waals surface area contributed by atoms with Gasteiger partial charge in [-0.15, -0.1) is 0 Å². The highest BCUT2D eigenvalue weighted by molar-refractivity contribution is 9.10. The maximum Gasteiger partial charge on any atom is 0.338 e. The fourth-order valence-corrected chi connectivity index (χ4v) is 6.36. The number of ether oxygens (including phenoxy) is 2. The number of carbonyl (C=O) groups excluding carboxylic acids is 3. The molecule has 3 N–H and O–H groups in total. The fraction of sp³-hybridized carbons (Fsp3) is 0.417. The lowest BCUT2D eigenvalue weighted by atomic mass is 9.93. The number of ketones is 1. The molecule has 0 aromatic heterocycles. The average Bonchev–Trinajstić information content (AvgIpc) is 3.07. The van der Waals surface area contributed by atoms with Gasteiger partial charge >= 0.3 is 11.9 Å². The Morgan fingerprint density at radius 2 is 1.60 bits per heavy atom. The second-order valence-corrected chi connectivity index (χ2v) is 12.4. The minimum atomic E-state index is -1.21. The van der Waals surface area contributed by atoms with Gasteiger partial charge in [0.15, 0.2) is 5.78 Å². The number of nitrogens with zero attached hydrogens (tertiary/aromatic N) is 1. The summed E-state index contributed by atoms with van der Waals surface area (Å²) in [6.07, 6.45) is 5.30. The summed E-state index contributed by atoms with van der Waals surface area (Å²) in [7, 11) is 0. The standard InChI is InChI=1S/C36H43BrN2O6/c1-3-31(25-14-11-15-26(18-25)34(41)24-12-7-5-8-13-24)36(43)45-23-30(40)22-44-35(42)27-19-28(33(38)32(37)20-27)21-39(4-2)29-16-9-6-10-17-29/h5,7-8,11-15,18-20,29-31,40H,3-4,6,9-10,16-17,21-23,38H2,1-2H3. The number of hydrogen-bond donors (Lipinski definition) is 2. The van der Waals surface area contributed by atoms with E-state index in [1.807, 2.05) is 13.0 Å². The SMILES string of the molecule is CCC(C(=O)OCC(O)COC(=O)c1cc(Br)c(N)c(CN(CC)C2CCCCC2)c1)c1cccc(C(=O)c2ccccc2)c1. The van der Waals surface area contributed by atoms with E-state index in [0.717, 1.165) is 12.1 Å². The molecule has 0 saturated heterocycles. The van der Waals surface area contributed by atoms with Crippen LogP contribution in [0.15, 0.2) is 71.2 Å². The van der Waals surface area contributed by atoms with Crippen LogP contribution in [-0.4, -0.2) is 59.6 Å². The molecule has 2 unspecified atom stereocenters. The Kier molecular flexibility index (Phi) is 12.7. The molecule has 1 aliphatic rings. The first-order valence-corrected chi connectivity index (χ1v) is 16.5. The molecule has 3 aromatic carbocycles. The largest absolute Gasteiger partial charge is 0.462 e. The lowest BCUT2D eigenvalue weighted by Gasteiger charge is -2.34. The molecule has 4 rings (SSSR count). The van der Waals surface area contributed by atoms with Crippen molar-refractivity contribution in [2.75, 3.05) is 25.5 Å². The molecule has 2 atom stereocenters. The second kappa shape index (κ2) is 16.7. The second-order valence-electron chi connectivity index (χ2n) is 11.5. The summed E-state index contributed by atoms with van der Waals surface area (Å²) in [5.41, 5.74) is 9.83. The van der Waals surface area contributed by atoms with E-state index >= 15 is 0 Å². The van der Waals surface area contributed by atoms with E-state index in [9.17, 15) is 19.5 Å². The van der Waals surface area contributed by atoms with Crippen molar-refractivity contribution in [3.8, 4) is 0 Å². The highest BCUT2D eigenvalue weighted by atomic mass is 79.9. The maximum atomic E-state index is 13.0. The van der Waals surface area contributed by atoms with Crippen LogP contribution < -0.4 is 5.73 Å². The summed E-state index contributed by atoms with van der Waals surface area (Å²) in [5, 5.41) is 10.5. The molecule has 1 saturated carbocycles. The van der Waals surface area contributed by atoms with E-state index in [-0.39, 0.29) is 19.0 Å². The molecule has 0 spiro atoms. The zero-order valence-electron chi connectivity index (χ0n) is 26.0. The van der Waals surface area contributed by atoms with Gasteiger partial charge in [0, 0.05) is 28.2 Å². The van der Waals surface area contributed by atoms with Crippen molar-refractivity contribution < 1.29 is 29.0 Å². The Morgan fingerprint density at radius 3 is 2.29 bits per heavy atom. The third-order valence-electron chi connectivity index (χ3n) is 8.43. The fourth-order valence-electron chi connectivity index (χ4n) is 5.86. The quantitative estimate of drug-likeness (QED) is 0.110. The predicted octanol–water partition coefficient (Wildman–Crippen LogP) is 6.67. The molecule has 0 heterocycles. The monoisotopic (exact) mass is 678 g/mol.